The highest BCUT2D eigenvalue weighted by Crippen LogP contribution is 2.30. The molecule has 1 aliphatic heterocycles. The van der Waals surface area contributed by atoms with Gasteiger partial charge in [0.15, 0.2) is 0 Å². The number of rotatable bonds is 4. The van der Waals surface area contributed by atoms with E-state index in [0.29, 0.717) is 24.6 Å². The van der Waals surface area contributed by atoms with Gasteiger partial charge in [-0.25, -0.2) is 0 Å². The molecule has 0 aromatic carbocycles. The Bertz CT molecular complexity index is 729. The van der Waals surface area contributed by atoms with Gasteiger partial charge >= 0.3 is 5.70 Å². The van der Waals surface area contributed by atoms with Crippen LogP contribution in [0.5, 0.6) is 5.75 Å². The summed E-state index contributed by atoms with van der Waals surface area (Å²) in [5.41, 5.74) is -0.250. The Morgan fingerprint density at radius 1 is 1.57 bits per heavy atom. The van der Waals surface area contributed by atoms with E-state index in [1.807, 2.05) is 0 Å². The first-order valence-electron chi connectivity index (χ1n) is 6.40. The zero-order chi connectivity index (χ0) is 17.0. The molecule has 1 N–H and O–H groups in total. The maximum Gasteiger partial charge on any atom is 0.305 e. The van der Waals surface area contributed by atoms with Crippen LogP contribution in [0.15, 0.2) is 53.7 Å². The second-order valence-corrected chi connectivity index (χ2v) is 4.82. The van der Waals surface area contributed by atoms with Crippen molar-refractivity contribution in [1.29, 1.82) is 0 Å². The third kappa shape index (κ3) is 3.67. The first-order chi connectivity index (χ1) is 10.9. The summed E-state index contributed by atoms with van der Waals surface area (Å²) in [6, 6.07) is 1.64. The Balaban J connectivity index is 2.18. The molecule has 8 nitrogen and oxygen atoms in total. The number of aliphatic hydroxyl groups excluding tert-OH is 1. The van der Waals surface area contributed by atoms with E-state index in [4.69, 9.17) is 16.3 Å². The van der Waals surface area contributed by atoms with Crippen LogP contribution < -0.4 is 9.64 Å². The summed E-state index contributed by atoms with van der Waals surface area (Å²) in [5, 5.41) is 19.7. The molecule has 0 unspecified atom stereocenters. The fraction of sp³-hybridized carbons (Fsp3) is 0.143. The number of aromatic nitrogens is 1. The average molecular weight is 338 g/mol. The SMILES string of the molecule is C=C(/C(O)=C(Cl)\C=C\C(=O)N1CCOc2ccncc21)[N+](=O)[O-]. The number of carbonyl (C=O) groups is 1. The normalized spacial score (nSPS) is 14.7. The van der Waals surface area contributed by atoms with Gasteiger partial charge in [0.1, 0.15) is 18.0 Å². The number of hydrogen-bond acceptors (Lipinski definition) is 6. The molecule has 9 heteroatoms. The van der Waals surface area contributed by atoms with E-state index in [1.165, 1.54) is 11.1 Å². The van der Waals surface area contributed by atoms with Crippen molar-refractivity contribution in [3.05, 3.63) is 63.8 Å². The quantitative estimate of drug-likeness (QED) is 0.297. The first-order valence-corrected chi connectivity index (χ1v) is 6.78. The maximum absolute atomic E-state index is 12.2. The van der Waals surface area contributed by atoms with Gasteiger partial charge in [0.05, 0.1) is 22.7 Å². The molecule has 1 aliphatic rings. The predicted octanol–water partition coefficient (Wildman–Crippen LogP) is 2.16. The number of pyridine rings is 1. The molecule has 0 atom stereocenters. The van der Waals surface area contributed by atoms with Crippen molar-refractivity contribution in [2.24, 2.45) is 0 Å². The number of carbonyl (C=O) groups excluding carboxylic acids is 1. The van der Waals surface area contributed by atoms with Gasteiger partial charge in [-0.1, -0.05) is 11.6 Å². The van der Waals surface area contributed by atoms with Gasteiger partial charge in [0.2, 0.25) is 5.76 Å². The second kappa shape index (κ2) is 6.93. The average Bonchev–Trinajstić information content (AvgIpc) is 2.57. The van der Waals surface area contributed by atoms with Gasteiger partial charge in [-0.05, 0) is 12.7 Å². The molecule has 0 radical (unpaired) electrons. The Labute approximate surface area is 136 Å². The summed E-state index contributed by atoms with van der Waals surface area (Å²) in [7, 11) is 0. The van der Waals surface area contributed by atoms with Crippen LogP contribution in [0.25, 0.3) is 0 Å². The van der Waals surface area contributed by atoms with Gasteiger partial charge in [0, 0.05) is 18.3 Å². The number of halogens is 1. The molecule has 0 saturated carbocycles. The Kier molecular flexibility index (Phi) is 4.97. The summed E-state index contributed by atoms with van der Waals surface area (Å²) in [4.78, 5) is 27.2. The lowest BCUT2D eigenvalue weighted by molar-refractivity contribution is -0.423. The molecule has 1 aromatic rings. The fourth-order valence-corrected chi connectivity index (χ4v) is 2.00. The van der Waals surface area contributed by atoms with Crippen molar-refractivity contribution in [1.82, 2.24) is 4.98 Å². The van der Waals surface area contributed by atoms with Crippen molar-refractivity contribution in [3.63, 3.8) is 0 Å². The number of nitrogens with zero attached hydrogens (tertiary/aromatic N) is 3. The smallest absolute Gasteiger partial charge is 0.305 e. The van der Waals surface area contributed by atoms with Crippen LogP contribution in [0, 0.1) is 10.1 Å². The van der Waals surface area contributed by atoms with Gasteiger partial charge in [0.25, 0.3) is 5.91 Å². The molecular formula is C14H12ClN3O5. The summed E-state index contributed by atoms with van der Waals surface area (Å²) < 4.78 is 5.41. The number of nitro groups is 1. The lowest BCUT2D eigenvalue weighted by Crippen LogP contribution is -2.36. The molecule has 2 heterocycles. The summed E-state index contributed by atoms with van der Waals surface area (Å²) in [6.45, 7) is 3.72. The topological polar surface area (TPSA) is 106 Å². The van der Waals surface area contributed by atoms with Crippen LogP contribution in [-0.4, -0.2) is 34.1 Å². The third-order valence-corrected chi connectivity index (χ3v) is 3.29. The van der Waals surface area contributed by atoms with Gasteiger partial charge in [-0.3, -0.25) is 19.9 Å². The highest BCUT2D eigenvalue weighted by atomic mass is 35.5. The van der Waals surface area contributed by atoms with E-state index in [0.717, 1.165) is 12.2 Å². The first kappa shape index (κ1) is 16.5. The van der Waals surface area contributed by atoms with Crippen LogP contribution in [0.1, 0.15) is 0 Å². The number of amides is 1. The molecule has 23 heavy (non-hydrogen) atoms. The van der Waals surface area contributed by atoms with Crippen molar-refractivity contribution in [2.75, 3.05) is 18.1 Å². The minimum atomic E-state index is -0.878. The number of fused-ring (bicyclic) bond motifs is 1. The van der Waals surface area contributed by atoms with Crippen LogP contribution in [-0.2, 0) is 4.79 Å². The molecule has 0 aliphatic carbocycles. The monoisotopic (exact) mass is 337 g/mol. The van der Waals surface area contributed by atoms with Crippen molar-refractivity contribution in [3.8, 4) is 5.75 Å². The maximum atomic E-state index is 12.2. The van der Waals surface area contributed by atoms with Gasteiger partial charge in [-0.2, -0.15) is 0 Å². The van der Waals surface area contributed by atoms with Crippen LogP contribution in [0.3, 0.4) is 0 Å². The fourth-order valence-electron chi connectivity index (χ4n) is 1.83. The molecule has 1 amide bonds. The predicted molar refractivity (Wildman–Crippen MR) is 82.9 cm³/mol. The number of ether oxygens (including phenoxy) is 1. The lowest BCUT2D eigenvalue weighted by Gasteiger charge is -2.28. The highest BCUT2D eigenvalue weighted by molar-refractivity contribution is 6.32. The van der Waals surface area contributed by atoms with Crippen LogP contribution in [0.2, 0.25) is 0 Å². The molecule has 0 fully saturated rings. The van der Waals surface area contributed by atoms with Gasteiger partial charge in [-0.15, -0.1) is 0 Å². The number of allylic oxidation sites excluding steroid dienone is 2. The molecular weight excluding hydrogens is 326 g/mol. The third-order valence-electron chi connectivity index (χ3n) is 2.98. The lowest BCUT2D eigenvalue weighted by atomic mass is 10.2. The van der Waals surface area contributed by atoms with Crippen LogP contribution in [0.4, 0.5) is 5.69 Å². The Morgan fingerprint density at radius 2 is 2.30 bits per heavy atom. The standard InChI is InChI=1S/C14H12ClN3O5/c1-9(18(21)22)14(20)10(15)2-3-13(19)17-6-7-23-12-4-5-16-8-11(12)17/h2-5,8,20H,1,6-7H2/b3-2+,14-10-. The Morgan fingerprint density at radius 3 is 3.00 bits per heavy atom. The number of anilines is 1. The van der Waals surface area contributed by atoms with E-state index in [9.17, 15) is 20.0 Å². The minimum Gasteiger partial charge on any atom is -0.501 e. The summed E-state index contributed by atoms with van der Waals surface area (Å²) >= 11 is 5.72. The second-order valence-electron chi connectivity index (χ2n) is 4.42. The zero-order valence-corrected chi connectivity index (χ0v) is 12.6. The van der Waals surface area contributed by atoms with E-state index < -0.39 is 22.3 Å². The Hall–Kier alpha value is -2.87. The summed E-state index contributed by atoms with van der Waals surface area (Å²) in [5.74, 6) is -0.704. The largest absolute Gasteiger partial charge is 0.501 e. The molecule has 0 bridgehead atoms. The minimum absolute atomic E-state index is 0.316. The van der Waals surface area contributed by atoms with E-state index in [1.54, 1.807) is 12.3 Å². The zero-order valence-electron chi connectivity index (χ0n) is 11.8. The molecule has 0 spiro atoms. The van der Waals surface area contributed by atoms with Crippen LogP contribution >= 0.6 is 11.6 Å². The molecule has 120 valence electrons. The van der Waals surface area contributed by atoms with Gasteiger partial charge < -0.3 is 14.7 Å². The molecule has 2 rings (SSSR count). The molecule has 1 aromatic heterocycles. The van der Waals surface area contributed by atoms with E-state index in [-0.39, 0.29) is 5.03 Å². The van der Waals surface area contributed by atoms with Crippen molar-refractivity contribution in [2.45, 2.75) is 0 Å². The van der Waals surface area contributed by atoms with Crippen molar-refractivity contribution < 1.29 is 19.6 Å². The van der Waals surface area contributed by atoms with Crippen molar-refractivity contribution >= 4 is 23.2 Å². The molecule has 0 saturated heterocycles. The number of hydrogen-bond donors (Lipinski definition) is 1. The highest BCUT2D eigenvalue weighted by Gasteiger charge is 2.22. The summed E-state index contributed by atoms with van der Waals surface area (Å²) in [6.07, 6.45) is 5.19. The van der Waals surface area contributed by atoms with E-state index in [2.05, 4.69) is 11.6 Å². The number of aliphatic hydroxyl groups is 1. The van der Waals surface area contributed by atoms with E-state index >= 15 is 0 Å².